The van der Waals surface area contributed by atoms with Gasteiger partial charge < -0.3 is 14.4 Å². The van der Waals surface area contributed by atoms with Gasteiger partial charge in [0.25, 0.3) is 0 Å². The molecule has 0 saturated heterocycles. The van der Waals surface area contributed by atoms with Gasteiger partial charge in [-0.3, -0.25) is 0 Å². The van der Waals surface area contributed by atoms with E-state index in [1.165, 1.54) is 0 Å². The average Bonchev–Trinajstić information content (AvgIpc) is 2.76. The second kappa shape index (κ2) is 6.06. The van der Waals surface area contributed by atoms with Crippen molar-refractivity contribution in [2.24, 2.45) is 4.99 Å². The first-order valence-electron chi connectivity index (χ1n) is 6.10. The summed E-state index contributed by atoms with van der Waals surface area (Å²) in [5, 5.41) is 0. The molecular weight excluding hydrogens is 256 g/mol. The Morgan fingerprint density at radius 2 is 2.00 bits per heavy atom. The smallest absolute Gasteiger partial charge is 0.365 e. The van der Waals surface area contributed by atoms with E-state index in [1.807, 2.05) is 38.4 Å². The number of benzene rings is 1. The molecule has 0 aliphatic carbocycles. The van der Waals surface area contributed by atoms with Gasteiger partial charge in [-0.25, -0.2) is 9.79 Å². The summed E-state index contributed by atoms with van der Waals surface area (Å²) in [6.45, 7) is 0. The second-order valence-corrected chi connectivity index (χ2v) is 4.39. The van der Waals surface area contributed by atoms with Crippen LogP contribution in [0.25, 0.3) is 6.08 Å². The van der Waals surface area contributed by atoms with Gasteiger partial charge in [-0.15, -0.1) is 0 Å². The van der Waals surface area contributed by atoms with E-state index >= 15 is 0 Å². The number of para-hydroxylation sites is 1. The Hall–Kier alpha value is -2.56. The van der Waals surface area contributed by atoms with E-state index in [-0.39, 0.29) is 11.6 Å². The second-order valence-electron chi connectivity index (χ2n) is 4.39. The molecule has 2 rings (SSSR count). The predicted molar refractivity (Wildman–Crippen MR) is 77.3 cm³/mol. The topological polar surface area (TPSA) is 51.1 Å². The monoisotopic (exact) mass is 272 g/mol. The van der Waals surface area contributed by atoms with E-state index in [1.54, 1.807) is 30.4 Å². The standard InChI is InChI=1S/C15H16N2O3/c1-17(2)10-12-15(18)20-14(16-12)9-8-11-6-4-5-7-13(11)19-3/h4-10H,1-3H3/b9-8-,12-10-. The normalized spacial score (nSPS) is 16.4. The van der Waals surface area contributed by atoms with E-state index in [0.717, 1.165) is 11.3 Å². The minimum Gasteiger partial charge on any atom is -0.496 e. The molecule has 1 aromatic rings. The number of methoxy groups -OCH3 is 1. The summed E-state index contributed by atoms with van der Waals surface area (Å²) in [6, 6.07) is 7.56. The highest BCUT2D eigenvalue weighted by Crippen LogP contribution is 2.19. The Morgan fingerprint density at radius 3 is 2.70 bits per heavy atom. The Kier molecular flexibility index (Phi) is 4.20. The molecule has 0 radical (unpaired) electrons. The molecular formula is C15H16N2O3. The third-order valence-corrected chi connectivity index (χ3v) is 2.56. The molecule has 1 aliphatic rings. The summed E-state index contributed by atoms with van der Waals surface area (Å²) in [5.41, 5.74) is 1.17. The maximum atomic E-state index is 11.6. The largest absolute Gasteiger partial charge is 0.496 e. The fraction of sp³-hybridized carbons (Fsp3) is 0.200. The van der Waals surface area contributed by atoms with Gasteiger partial charge in [-0.2, -0.15) is 0 Å². The van der Waals surface area contributed by atoms with Crippen molar-refractivity contribution in [3.63, 3.8) is 0 Å². The van der Waals surface area contributed by atoms with Crippen LogP contribution in [-0.4, -0.2) is 38.0 Å². The van der Waals surface area contributed by atoms with Crippen LogP contribution in [0.3, 0.4) is 0 Å². The highest BCUT2D eigenvalue weighted by molar-refractivity contribution is 6.09. The summed E-state index contributed by atoms with van der Waals surface area (Å²) in [5.74, 6) is 0.574. The molecule has 0 spiro atoms. The van der Waals surface area contributed by atoms with Crippen molar-refractivity contribution < 1.29 is 14.3 Å². The molecule has 0 saturated carbocycles. The van der Waals surface area contributed by atoms with E-state index in [2.05, 4.69) is 4.99 Å². The number of nitrogens with zero attached hydrogens (tertiary/aromatic N) is 2. The molecule has 5 nitrogen and oxygen atoms in total. The van der Waals surface area contributed by atoms with E-state index in [9.17, 15) is 4.79 Å². The van der Waals surface area contributed by atoms with E-state index in [0.29, 0.717) is 0 Å². The maximum Gasteiger partial charge on any atom is 0.365 e. The van der Waals surface area contributed by atoms with Crippen LogP contribution in [0.2, 0.25) is 0 Å². The number of aliphatic imine (C=N–C) groups is 1. The summed E-state index contributed by atoms with van der Waals surface area (Å²) in [6.07, 6.45) is 5.06. The van der Waals surface area contributed by atoms with Gasteiger partial charge in [0.1, 0.15) is 5.75 Å². The molecule has 0 N–H and O–H groups in total. The first kappa shape index (κ1) is 13.9. The number of esters is 1. The van der Waals surface area contributed by atoms with Crippen molar-refractivity contribution in [1.29, 1.82) is 0 Å². The number of cyclic esters (lactones) is 1. The van der Waals surface area contributed by atoms with E-state index in [4.69, 9.17) is 9.47 Å². The van der Waals surface area contributed by atoms with Crippen LogP contribution in [0, 0.1) is 0 Å². The lowest BCUT2D eigenvalue weighted by Gasteiger charge is -2.02. The van der Waals surface area contributed by atoms with E-state index < -0.39 is 5.97 Å². The zero-order chi connectivity index (χ0) is 14.5. The fourth-order valence-electron chi connectivity index (χ4n) is 1.70. The van der Waals surface area contributed by atoms with Gasteiger partial charge in [0.05, 0.1) is 7.11 Å². The summed E-state index contributed by atoms with van der Waals surface area (Å²) in [4.78, 5) is 17.4. The third kappa shape index (κ3) is 3.26. The first-order chi connectivity index (χ1) is 9.60. The molecule has 0 fully saturated rings. The van der Waals surface area contributed by atoms with Crippen LogP contribution >= 0.6 is 0 Å². The zero-order valence-electron chi connectivity index (χ0n) is 11.7. The van der Waals surface area contributed by atoms with Crippen molar-refractivity contribution in [2.75, 3.05) is 21.2 Å². The first-order valence-corrected chi connectivity index (χ1v) is 6.10. The number of rotatable bonds is 4. The molecule has 0 bridgehead atoms. The maximum absolute atomic E-state index is 11.6. The Morgan fingerprint density at radius 1 is 1.25 bits per heavy atom. The average molecular weight is 272 g/mol. The van der Waals surface area contributed by atoms with Gasteiger partial charge in [-0.05, 0) is 12.1 Å². The lowest BCUT2D eigenvalue weighted by molar-refractivity contribution is -0.130. The van der Waals surface area contributed by atoms with Crippen LogP contribution < -0.4 is 4.74 Å². The van der Waals surface area contributed by atoms with Gasteiger partial charge >= 0.3 is 5.97 Å². The van der Waals surface area contributed by atoms with Crippen molar-refractivity contribution in [1.82, 2.24) is 4.90 Å². The quantitative estimate of drug-likeness (QED) is 0.622. The van der Waals surface area contributed by atoms with Crippen molar-refractivity contribution in [3.05, 3.63) is 47.8 Å². The molecule has 104 valence electrons. The summed E-state index contributed by atoms with van der Waals surface area (Å²) in [7, 11) is 5.24. The minimum atomic E-state index is -0.446. The van der Waals surface area contributed by atoms with Crippen molar-refractivity contribution in [2.45, 2.75) is 0 Å². The molecule has 20 heavy (non-hydrogen) atoms. The van der Waals surface area contributed by atoms with Gasteiger partial charge in [0, 0.05) is 31.9 Å². The molecule has 1 aromatic carbocycles. The van der Waals surface area contributed by atoms with Crippen LogP contribution in [-0.2, 0) is 9.53 Å². The SMILES string of the molecule is COc1ccccc1/C=C\C1=NC(=C\N(C)C)/C(=O)O1. The number of hydrogen-bond acceptors (Lipinski definition) is 5. The van der Waals surface area contributed by atoms with Crippen LogP contribution in [0.1, 0.15) is 5.56 Å². The van der Waals surface area contributed by atoms with Crippen LogP contribution in [0.5, 0.6) is 5.75 Å². The molecule has 0 unspecified atom stereocenters. The highest BCUT2D eigenvalue weighted by atomic mass is 16.6. The molecule has 1 aliphatic heterocycles. The molecule has 1 heterocycles. The summed E-state index contributed by atoms with van der Waals surface area (Å²) >= 11 is 0. The highest BCUT2D eigenvalue weighted by Gasteiger charge is 2.21. The van der Waals surface area contributed by atoms with Crippen molar-refractivity contribution in [3.8, 4) is 5.75 Å². The Labute approximate surface area is 117 Å². The fourth-order valence-corrected chi connectivity index (χ4v) is 1.70. The van der Waals surface area contributed by atoms with Gasteiger partial charge in [0.15, 0.2) is 5.70 Å². The third-order valence-electron chi connectivity index (χ3n) is 2.56. The lowest BCUT2D eigenvalue weighted by Crippen LogP contribution is -2.06. The summed E-state index contributed by atoms with van der Waals surface area (Å²) < 4.78 is 10.3. The van der Waals surface area contributed by atoms with Crippen molar-refractivity contribution >= 4 is 17.9 Å². The minimum absolute atomic E-state index is 0.272. The van der Waals surface area contributed by atoms with Crippen LogP contribution in [0.4, 0.5) is 0 Å². The number of ether oxygens (including phenoxy) is 2. The van der Waals surface area contributed by atoms with Gasteiger partial charge in [-0.1, -0.05) is 18.2 Å². The van der Waals surface area contributed by atoms with Crippen LogP contribution in [0.15, 0.2) is 47.2 Å². The number of hydrogen-bond donors (Lipinski definition) is 0. The predicted octanol–water partition coefficient (Wildman–Crippen LogP) is 2.07. The lowest BCUT2D eigenvalue weighted by atomic mass is 10.2. The Bertz CT molecular complexity index is 601. The van der Waals surface area contributed by atoms with Gasteiger partial charge in [0.2, 0.25) is 5.90 Å². The molecule has 0 atom stereocenters. The number of carbonyl (C=O) groups excluding carboxylic acids is 1. The molecule has 0 amide bonds. The number of carbonyl (C=O) groups is 1. The Balaban J connectivity index is 2.18. The molecule has 0 aromatic heterocycles. The molecule has 5 heteroatoms. The zero-order valence-corrected chi connectivity index (χ0v) is 11.7.